The number of carbonyl (C=O) groups is 2. The van der Waals surface area contributed by atoms with Gasteiger partial charge in [-0.15, -0.1) is 0 Å². The van der Waals surface area contributed by atoms with E-state index in [4.69, 9.17) is 10.2 Å². The molecule has 0 radical (unpaired) electrons. The number of nitrogens with one attached hydrogen (secondary N) is 2. The molecule has 0 saturated carbocycles. The van der Waals surface area contributed by atoms with Crippen LogP contribution < -0.4 is 0 Å². The lowest BCUT2D eigenvalue weighted by Gasteiger charge is -1.89. The van der Waals surface area contributed by atoms with Crippen molar-refractivity contribution in [1.82, 2.24) is 19.9 Å². The molecule has 0 fully saturated rings. The fourth-order valence-electron chi connectivity index (χ4n) is 2.94. The normalized spacial score (nSPS) is 11.5. The highest BCUT2D eigenvalue weighted by Crippen LogP contribution is 2.17. The highest BCUT2D eigenvalue weighted by molar-refractivity contribution is 5.77. The van der Waals surface area contributed by atoms with Crippen LogP contribution in [-0.2, 0) is 9.59 Å². The number of rotatable bonds is 2. The lowest BCUT2D eigenvalue weighted by atomic mass is 10.2. The second kappa shape index (κ2) is 11.8. The van der Waals surface area contributed by atoms with Crippen molar-refractivity contribution in [3.05, 3.63) is 71.3 Å². The standard InChI is InChI=1S/C20H14N4.2C4H8O2/c1-2-14-10-16-5-6-18(23-16)12-20-8-7-19(24-20)11-17-4-3-15(22-17)9-13(1)21-14;2*1-3(2)4(5)6/h1-12,21-22H;2*3H,1-2H3,(H,5,6). The third kappa shape index (κ3) is 7.80. The molecule has 8 bridgehead atoms. The van der Waals surface area contributed by atoms with Crippen molar-refractivity contribution in [2.75, 3.05) is 0 Å². The van der Waals surface area contributed by atoms with E-state index in [-0.39, 0.29) is 11.8 Å². The topological polar surface area (TPSA) is 132 Å². The molecule has 0 amide bonds. The summed E-state index contributed by atoms with van der Waals surface area (Å²) in [4.78, 5) is 35.4. The number of hydrogen-bond donors (Lipinski definition) is 4. The number of carboxylic acids is 2. The van der Waals surface area contributed by atoms with E-state index in [0.717, 1.165) is 44.8 Å². The maximum absolute atomic E-state index is 9.70. The Bertz CT molecular complexity index is 1350. The molecule has 186 valence electrons. The van der Waals surface area contributed by atoms with Crippen LogP contribution >= 0.6 is 0 Å². The smallest absolute Gasteiger partial charge is 0.305 e. The van der Waals surface area contributed by atoms with E-state index >= 15 is 0 Å². The summed E-state index contributed by atoms with van der Waals surface area (Å²) >= 11 is 0. The number of carboxylic acid groups (broad SMARTS) is 2. The van der Waals surface area contributed by atoms with Crippen LogP contribution in [0.2, 0.25) is 0 Å². The van der Waals surface area contributed by atoms with Crippen LogP contribution in [-0.4, -0.2) is 42.1 Å². The molecule has 0 aromatic carbocycles. The first-order valence-corrected chi connectivity index (χ1v) is 11.6. The summed E-state index contributed by atoms with van der Waals surface area (Å²) < 4.78 is 0. The number of fused-ring (bicyclic) bond motifs is 8. The first kappa shape index (κ1) is 26.2. The number of H-pyrrole nitrogens is 2. The van der Waals surface area contributed by atoms with Gasteiger partial charge in [-0.1, -0.05) is 27.7 Å². The van der Waals surface area contributed by atoms with E-state index in [9.17, 15) is 9.59 Å². The average Bonchev–Trinajstić information content (AvgIpc) is 3.60. The van der Waals surface area contributed by atoms with Crippen molar-refractivity contribution in [3.8, 4) is 0 Å². The first-order chi connectivity index (χ1) is 17.1. The lowest BCUT2D eigenvalue weighted by Crippen LogP contribution is -2.03. The van der Waals surface area contributed by atoms with Crippen LogP contribution in [0.15, 0.2) is 48.5 Å². The predicted molar refractivity (Wildman–Crippen MR) is 144 cm³/mol. The minimum absolute atomic E-state index is 0.231. The Morgan fingerprint density at radius 1 is 0.583 bits per heavy atom. The summed E-state index contributed by atoms with van der Waals surface area (Å²) in [6, 6.07) is 16.4. The zero-order chi connectivity index (χ0) is 26.2. The molecule has 3 aromatic heterocycles. The Hall–Kier alpha value is -4.46. The van der Waals surface area contributed by atoms with Crippen molar-refractivity contribution in [3.63, 3.8) is 0 Å². The lowest BCUT2D eigenvalue weighted by molar-refractivity contribution is -0.141. The fourth-order valence-corrected chi connectivity index (χ4v) is 2.94. The zero-order valence-electron chi connectivity index (χ0n) is 20.7. The Morgan fingerprint density at radius 3 is 1.17 bits per heavy atom. The van der Waals surface area contributed by atoms with Gasteiger partial charge in [0.1, 0.15) is 0 Å². The van der Waals surface area contributed by atoms with Crippen LogP contribution in [0, 0.1) is 11.8 Å². The SMILES string of the molecule is C1=Cc2cc3ccc(cc4ccc(cc5nc(cc1n2)C=C5)[nH]4)[nH]3.CC(C)C(=O)O.CC(C)C(=O)O. The monoisotopic (exact) mass is 486 g/mol. The molecule has 3 aromatic rings. The van der Waals surface area contributed by atoms with E-state index in [1.54, 1.807) is 27.7 Å². The predicted octanol–water partition coefficient (Wildman–Crippen LogP) is 6.11. The van der Waals surface area contributed by atoms with Gasteiger partial charge in [0.25, 0.3) is 0 Å². The zero-order valence-corrected chi connectivity index (χ0v) is 20.7. The molecule has 5 rings (SSSR count). The summed E-state index contributed by atoms with van der Waals surface area (Å²) in [6.45, 7) is 6.56. The molecule has 36 heavy (non-hydrogen) atoms. The van der Waals surface area contributed by atoms with Crippen molar-refractivity contribution in [1.29, 1.82) is 0 Å². The number of nitrogens with zero attached hydrogens (tertiary/aromatic N) is 2. The number of aliphatic carboxylic acids is 2. The molecule has 2 aliphatic heterocycles. The molecule has 8 nitrogen and oxygen atoms in total. The van der Waals surface area contributed by atoms with Crippen molar-refractivity contribution < 1.29 is 19.8 Å². The summed E-state index contributed by atoms with van der Waals surface area (Å²) in [5.74, 6) is -1.94. The van der Waals surface area contributed by atoms with Gasteiger partial charge in [0, 0.05) is 22.1 Å². The van der Waals surface area contributed by atoms with Crippen LogP contribution in [0.5, 0.6) is 0 Å². The van der Waals surface area contributed by atoms with Gasteiger partial charge in [0.15, 0.2) is 0 Å². The van der Waals surface area contributed by atoms with Crippen LogP contribution in [0.3, 0.4) is 0 Å². The minimum Gasteiger partial charge on any atom is -0.481 e. The maximum Gasteiger partial charge on any atom is 0.305 e. The van der Waals surface area contributed by atoms with Gasteiger partial charge in [0.05, 0.1) is 34.6 Å². The van der Waals surface area contributed by atoms with Crippen molar-refractivity contribution in [2.45, 2.75) is 27.7 Å². The fraction of sp³-hybridized carbons (Fsp3) is 0.214. The van der Waals surface area contributed by atoms with Crippen molar-refractivity contribution in [2.24, 2.45) is 11.8 Å². The number of aromatic amines is 2. The third-order valence-corrected chi connectivity index (χ3v) is 5.03. The number of hydrogen-bond acceptors (Lipinski definition) is 4. The van der Waals surface area contributed by atoms with Crippen molar-refractivity contribution >= 4 is 58.3 Å². The van der Waals surface area contributed by atoms with Crippen LogP contribution in [0.1, 0.15) is 50.5 Å². The van der Waals surface area contributed by atoms with E-state index in [1.165, 1.54) is 0 Å². The molecule has 0 saturated heterocycles. The maximum atomic E-state index is 9.70. The van der Waals surface area contributed by atoms with E-state index in [0.29, 0.717) is 0 Å². The average molecular weight is 487 g/mol. The summed E-state index contributed by atoms with van der Waals surface area (Å²) in [5.41, 5.74) is 7.86. The minimum atomic E-state index is -0.741. The van der Waals surface area contributed by atoms with Gasteiger partial charge in [-0.05, 0) is 72.8 Å². The van der Waals surface area contributed by atoms with E-state index in [2.05, 4.69) is 50.3 Å². The van der Waals surface area contributed by atoms with E-state index in [1.807, 2.05) is 42.5 Å². The first-order valence-electron chi connectivity index (χ1n) is 11.6. The van der Waals surface area contributed by atoms with Gasteiger partial charge in [-0.25, -0.2) is 9.97 Å². The van der Waals surface area contributed by atoms with Gasteiger partial charge >= 0.3 is 11.9 Å². The molecule has 2 aliphatic rings. The Kier molecular flexibility index (Phi) is 8.57. The van der Waals surface area contributed by atoms with Gasteiger partial charge < -0.3 is 20.2 Å². The molecular formula is C28H30N4O4. The Labute approximate surface area is 209 Å². The molecule has 0 unspecified atom stereocenters. The molecule has 5 heterocycles. The summed E-state index contributed by atoms with van der Waals surface area (Å²) in [6.07, 6.45) is 8.05. The molecular weight excluding hydrogens is 456 g/mol. The highest BCUT2D eigenvalue weighted by Gasteiger charge is 2.02. The summed E-state index contributed by atoms with van der Waals surface area (Å²) in [7, 11) is 0. The molecule has 8 heteroatoms. The quantitative estimate of drug-likeness (QED) is 0.238. The van der Waals surface area contributed by atoms with Gasteiger partial charge in [-0.3, -0.25) is 9.59 Å². The third-order valence-electron chi connectivity index (χ3n) is 5.03. The second-order valence-corrected chi connectivity index (χ2v) is 8.89. The molecule has 0 spiro atoms. The highest BCUT2D eigenvalue weighted by atomic mass is 16.4. The van der Waals surface area contributed by atoms with Crippen LogP contribution in [0.4, 0.5) is 0 Å². The molecule has 0 aliphatic carbocycles. The molecule has 0 atom stereocenters. The van der Waals surface area contributed by atoms with Gasteiger partial charge in [-0.2, -0.15) is 0 Å². The molecule has 4 N–H and O–H groups in total. The van der Waals surface area contributed by atoms with Crippen LogP contribution in [0.25, 0.3) is 46.4 Å². The largest absolute Gasteiger partial charge is 0.481 e. The summed E-state index contributed by atoms with van der Waals surface area (Å²) in [5, 5.41) is 16.0. The Morgan fingerprint density at radius 2 is 0.861 bits per heavy atom. The number of aromatic nitrogens is 4. The van der Waals surface area contributed by atoms with E-state index < -0.39 is 11.9 Å². The Balaban J connectivity index is 0.000000253. The second-order valence-electron chi connectivity index (χ2n) is 8.89. The van der Waals surface area contributed by atoms with Gasteiger partial charge in [0.2, 0.25) is 0 Å².